The quantitative estimate of drug-likeness (QED) is 0.809. The summed E-state index contributed by atoms with van der Waals surface area (Å²) in [5, 5.41) is 10.4. The van der Waals surface area contributed by atoms with Gasteiger partial charge in [0.05, 0.1) is 12.0 Å². The van der Waals surface area contributed by atoms with Crippen LogP contribution in [-0.4, -0.2) is 17.4 Å². The lowest BCUT2D eigenvalue weighted by atomic mass is 9.72. The zero-order chi connectivity index (χ0) is 14.3. The smallest absolute Gasteiger partial charge is 0.392 e. The van der Waals surface area contributed by atoms with Gasteiger partial charge in [-0.25, -0.2) is 0 Å². The van der Waals surface area contributed by atoms with Gasteiger partial charge >= 0.3 is 6.18 Å². The summed E-state index contributed by atoms with van der Waals surface area (Å²) in [4.78, 5) is 0. The molecule has 0 aromatic rings. The standard InChI is InChI=1S/C16H25F3O/c17-16(18,19)14-4-2-1-3-13(14)15(20)9-12-8-10-5-6-11(12)7-10/h10-15,20H,1-9H2. The van der Waals surface area contributed by atoms with E-state index in [-0.39, 0.29) is 6.42 Å². The van der Waals surface area contributed by atoms with Crippen LogP contribution in [0.15, 0.2) is 0 Å². The Labute approximate surface area is 118 Å². The average molecular weight is 290 g/mol. The van der Waals surface area contributed by atoms with E-state index in [9.17, 15) is 18.3 Å². The van der Waals surface area contributed by atoms with E-state index >= 15 is 0 Å². The van der Waals surface area contributed by atoms with Gasteiger partial charge in [-0.3, -0.25) is 0 Å². The zero-order valence-electron chi connectivity index (χ0n) is 11.9. The van der Waals surface area contributed by atoms with Crippen molar-refractivity contribution in [1.29, 1.82) is 0 Å². The molecule has 0 aliphatic heterocycles. The van der Waals surface area contributed by atoms with Gasteiger partial charge in [-0.05, 0) is 62.2 Å². The lowest BCUT2D eigenvalue weighted by Crippen LogP contribution is -2.40. The first-order valence-electron chi connectivity index (χ1n) is 8.20. The highest BCUT2D eigenvalue weighted by Crippen LogP contribution is 2.51. The van der Waals surface area contributed by atoms with Gasteiger partial charge < -0.3 is 5.11 Å². The Morgan fingerprint density at radius 3 is 2.35 bits per heavy atom. The minimum absolute atomic E-state index is 0.210. The Morgan fingerprint density at radius 1 is 1.00 bits per heavy atom. The van der Waals surface area contributed by atoms with E-state index in [2.05, 4.69) is 0 Å². The molecule has 4 heteroatoms. The topological polar surface area (TPSA) is 20.2 Å². The van der Waals surface area contributed by atoms with E-state index in [0.29, 0.717) is 31.1 Å². The molecule has 0 aromatic heterocycles. The molecule has 6 atom stereocenters. The monoisotopic (exact) mass is 290 g/mol. The molecule has 0 radical (unpaired) electrons. The van der Waals surface area contributed by atoms with Gasteiger partial charge in [0.15, 0.2) is 0 Å². The van der Waals surface area contributed by atoms with Crippen LogP contribution in [0.1, 0.15) is 57.8 Å². The molecule has 2 bridgehead atoms. The van der Waals surface area contributed by atoms with Crippen molar-refractivity contribution in [3.05, 3.63) is 0 Å². The minimum Gasteiger partial charge on any atom is -0.393 e. The SMILES string of the molecule is OC(CC1CC2CCC1C2)C1CCCCC1C(F)(F)F. The van der Waals surface area contributed by atoms with E-state index in [1.54, 1.807) is 0 Å². The fourth-order valence-electron chi connectivity index (χ4n) is 5.18. The van der Waals surface area contributed by atoms with Crippen molar-refractivity contribution in [3.8, 4) is 0 Å². The fourth-order valence-corrected chi connectivity index (χ4v) is 5.18. The number of aliphatic hydroxyl groups is 1. The summed E-state index contributed by atoms with van der Waals surface area (Å²) in [5.41, 5.74) is 0. The van der Waals surface area contributed by atoms with E-state index in [1.807, 2.05) is 0 Å². The van der Waals surface area contributed by atoms with Crippen molar-refractivity contribution >= 4 is 0 Å². The predicted molar refractivity (Wildman–Crippen MR) is 71.1 cm³/mol. The third kappa shape index (κ3) is 2.86. The Hall–Kier alpha value is -0.250. The molecule has 20 heavy (non-hydrogen) atoms. The summed E-state index contributed by atoms with van der Waals surface area (Å²) in [7, 11) is 0. The lowest BCUT2D eigenvalue weighted by molar-refractivity contribution is -0.207. The Kier molecular flexibility index (Phi) is 4.04. The fraction of sp³-hybridized carbons (Fsp3) is 1.00. The van der Waals surface area contributed by atoms with Gasteiger partial charge in [-0.2, -0.15) is 13.2 Å². The van der Waals surface area contributed by atoms with Gasteiger partial charge in [0.2, 0.25) is 0 Å². The van der Waals surface area contributed by atoms with Crippen LogP contribution in [-0.2, 0) is 0 Å². The molecule has 0 spiro atoms. The van der Waals surface area contributed by atoms with Gasteiger partial charge in [0, 0.05) is 0 Å². The van der Waals surface area contributed by atoms with E-state index < -0.39 is 24.1 Å². The zero-order valence-corrected chi connectivity index (χ0v) is 11.9. The van der Waals surface area contributed by atoms with E-state index in [1.165, 1.54) is 19.3 Å². The van der Waals surface area contributed by atoms with Gasteiger partial charge in [-0.1, -0.05) is 19.3 Å². The second-order valence-corrected chi connectivity index (χ2v) is 7.33. The van der Waals surface area contributed by atoms with Crippen molar-refractivity contribution in [2.24, 2.45) is 29.6 Å². The van der Waals surface area contributed by atoms with Crippen LogP contribution in [0.5, 0.6) is 0 Å². The first-order chi connectivity index (χ1) is 9.45. The van der Waals surface area contributed by atoms with Crippen LogP contribution >= 0.6 is 0 Å². The molecule has 0 heterocycles. The first kappa shape index (κ1) is 14.7. The molecule has 1 nitrogen and oxygen atoms in total. The Balaban J connectivity index is 1.61. The van der Waals surface area contributed by atoms with Crippen molar-refractivity contribution in [2.75, 3.05) is 0 Å². The third-order valence-corrected chi connectivity index (χ3v) is 6.16. The van der Waals surface area contributed by atoms with Crippen molar-refractivity contribution in [1.82, 2.24) is 0 Å². The second kappa shape index (κ2) is 5.51. The average Bonchev–Trinajstić information content (AvgIpc) is 3.00. The third-order valence-electron chi connectivity index (χ3n) is 6.16. The molecule has 3 fully saturated rings. The first-order valence-corrected chi connectivity index (χ1v) is 8.20. The number of alkyl halides is 3. The highest BCUT2D eigenvalue weighted by atomic mass is 19.4. The number of hydrogen-bond donors (Lipinski definition) is 1. The number of rotatable bonds is 3. The molecular weight excluding hydrogens is 265 g/mol. The maximum atomic E-state index is 13.1. The molecule has 3 rings (SSSR count). The normalized spacial score (nSPS) is 42.9. The Morgan fingerprint density at radius 2 is 1.75 bits per heavy atom. The molecule has 0 amide bonds. The highest BCUT2D eigenvalue weighted by molar-refractivity contribution is 4.93. The molecule has 0 saturated heterocycles. The summed E-state index contributed by atoms with van der Waals surface area (Å²) in [6.45, 7) is 0. The molecule has 0 aromatic carbocycles. The lowest BCUT2D eigenvalue weighted by Gasteiger charge is -2.37. The predicted octanol–water partition coefficient (Wildman–Crippen LogP) is 4.54. The number of fused-ring (bicyclic) bond motifs is 2. The summed E-state index contributed by atoms with van der Waals surface area (Å²) >= 11 is 0. The van der Waals surface area contributed by atoms with Crippen LogP contribution in [0.25, 0.3) is 0 Å². The van der Waals surface area contributed by atoms with Gasteiger partial charge in [0.25, 0.3) is 0 Å². The van der Waals surface area contributed by atoms with Crippen LogP contribution in [0, 0.1) is 29.6 Å². The largest absolute Gasteiger partial charge is 0.393 e. The second-order valence-electron chi connectivity index (χ2n) is 7.33. The van der Waals surface area contributed by atoms with Crippen LogP contribution < -0.4 is 0 Å². The summed E-state index contributed by atoms with van der Waals surface area (Å²) < 4.78 is 39.3. The number of halogens is 3. The van der Waals surface area contributed by atoms with Crippen LogP contribution in [0.2, 0.25) is 0 Å². The van der Waals surface area contributed by atoms with Crippen molar-refractivity contribution < 1.29 is 18.3 Å². The van der Waals surface area contributed by atoms with Crippen LogP contribution in [0.3, 0.4) is 0 Å². The van der Waals surface area contributed by atoms with Crippen molar-refractivity contribution in [3.63, 3.8) is 0 Å². The van der Waals surface area contributed by atoms with Crippen LogP contribution in [0.4, 0.5) is 13.2 Å². The molecule has 3 aliphatic carbocycles. The molecule has 116 valence electrons. The van der Waals surface area contributed by atoms with Crippen molar-refractivity contribution in [2.45, 2.75) is 70.1 Å². The highest BCUT2D eigenvalue weighted by Gasteiger charge is 2.49. The van der Waals surface area contributed by atoms with E-state index in [4.69, 9.17) is 0 Å². The maximum absolute atomic E-state index is 13.1. The molecular formula is C16H25F3O. The molecule has 3 saturated carbocycles. The number of aliphatic hydroxyl groups excluding tert-OH is 1. The summed E-state index contributed by atoms with van der Waals surface area (Å²) in [6.07, 6.45) is 2.91. The maximum Gasteiger partial charge on any atom is 0.392 e. The molecule has 3 aliphatic rings. The minimum atomic E-state index is -4.14. The number of hydrogen-bond acceptors (Lipinski definition) is 1. The van der Waals surface area contributed by atoms with Gasteiger partial charge in [-0.15, -0.1) is 0 Å². The van der Waals surface area contributed by atoms with Gasteiger partial charge in [0.1, 0.15) is 0 Å². The summed E-state index contributed by atoms with van der Waals surface area (Å²) in [6, 6.07) is 0. The molecule has 6 unspecified atom stereocenters. The summed E-state index contributed by atoms with van der Waals surface area (Å²) in [5.74, 6) is 0.136. The Bertz CT molecular complexity index is 341. The van der Waals surface area contributed by atoms with E-state index in [0.717, 1.165) is 18.8 Å². The molecule has 1 N–H and O–H groups in total.